The number of guanidine groups is 1. The van der Waals surface area contributed by atoms with E-state index >= 15 is 0 Å². The van der Waals surface area contributed by atoms with Crippen molar-refractivity contribution < 1.29 is 0 Å². The van der Waals surface area contributed by atoms with Crippen LogP contribution in [-0.2, 0) is 13.0 Å². The van der Waals surface area contributed by atoms with Crippen molar-refractivity contribution in [3.05, 3.63) is 11.6 Å². The number of fused-ring (bicyclic) bond motifs is 1. The highest BCUT2D eigenvalue weighted by molar-refractivity contribution is 5.80. The van der Waals surface area contributed by atoms with Gasteiger partial charge in [0.15, 0.2) is 11.8 Å². The van der Waals surface area contributed by atoms with Crippen LogP contribution >= 0.6 is 0 Å². The first-order valence-corrected chi connectivity index (χ1v) is 9.52. The minimum Gasteiger partial charge on any atom is -0.357 e. The van der Waals surface area contributed by atoms with Crippen LogP contribution in [-0.4, -0.2) is 51.9 Å². The molecule has 0 aromatic carbocycles. The molecule has 0 radical (unpaired) electrons. The van der Waals surface area contributed by atoms with Gasteiger partial charge in [0.05, 0.1) is 13.1 Å². The van der Waals surface area contributed by atoms with Crippen molar-refractivity contribution in [1.29, 1.82) is 0 Å². The van der Waals surface area contributed by atoms with Gasteiger partial charge >= 0.3 is 0 Å². The van der Waals surface area contributed by atoms with E-state index in [-0.39, 0.29) is 5.54 Å². The fraction of sp³-hybridized carbons (Fsp3) is 0.833. The van der Waals surface area contributed by atoms with Gasteiger partial charge in [-0.2, -0.15) is 5.10 Å². The average molecular weight is 350 g/mol. The molecular formula is C18H35N7. The molecule has 1 aliphatic rings. The first kappa shape index (κ1) is 19.7. The molecule has 142 valence electrons. The van der Waals surface area contributed by atoms with Crippen molar-refractivity contribution >= 4 is 5.96 Å². The van der Waals surface area contributed by atoms with Gasteiger partial charge in [-0.25, -0.2) is 9.67 Å². The van der Waals surface area contributed by atoms with Crippen molar-refractivity contribution in [3.8, 4) is 0 Å². The molecule has 1 aromatic rings. The molecule has 0 aliphatic carbocycles. The zero-order chi connectivity index (χ0) is 18.4. The highest BCUT2D eigenvalue weighted by Crippen LogP contribution is 2.16. The molecule has 1 aromatic heterocycles. The summed E-state index contributed by atoms with van der Waals surface area (Å²) in [5.41, 5.74) is 0.127. The second-order valence-corrected chi connectivity index (χ2v) is 8.04. The van der Waals surface area contributed by atoms with Crippen molar-refractivity contribution in [3.63, 3.8) is 0 Å². The summed E-state index contributed by atoms with van der Waals surface area (Å²) < 4.78 is 2.06. The maximum absolute atomic E-state index is 4.69. The molecule has 0 saturated heterocycles. The summed E-state index contributed by atoms with van der Waals surface area (Å²) in [4.78, 5) is 9.34. The van der Waals surface area contributed by atoms with Gasteiger partial charge in [0.2, 0.25) is 0 Å². The molecule has 0 amide bonds. The normalized spacial score (nSPS) is 18.4. The Balaban J connectivity index is 1.91. The Morgan fingerprint density at radius 1 is 1.36 bits per heavy atom. The summed E-state index contributed by atoms with van der Waals surface area (Å²) in [7, 11) is 0. The monoisotopic (exact) mass is 349 g/mol. The quantitative estimate of drug-likeness (QED) is 0.413. The molecule has 1 aliphatic heterocycles. The summed E-state index contributed by atoms with van der Waals surface area (Å²) in [5.74, 6) is 3.32. The largest absolute Gasteiger partial charge is 0.357 e. The first-order chi connectivity index (χ1) is 11.8. The second kappa shape index (κ2) is 8.65. The Morgan fingerprint density at radius 2 is 2.12 bits per heavy atom. The van der Waals surface area contributed by atoms with E-state index in [1.54, 1.807) is 0 Å². The standard InChI is InChI=1S/C18H35N7/c1-7-19-17(20-10-11-21-18(4,5)6)22-14-8-9-15-23-16(13(2)3)24-25(15)12-14/h13-14,21H,7-12H2,1-6H3,(H2,19,20,22). The molecule has 7 nitrogen and oxygen atoms in total. The second-order valence-electron chi connectivity index (χ2n) is 8.04. The Morgan fingerprint density at radius 3 is 2.76 bits per heavy atom. The Hall–Kier alpha value is -1.63. The van der Waals surface area contributed by atoms with Crippen LogP contribution in [0.5, 0.6) is 0 Å². The Bertz CT molecular complexity index is 568. The summed E-state index contributed by atoms with van der Waals surface area (Å²) in [6.45, 7) is 16.2. The van der Waals surface area contributed by atoms with E-state index in [0.29, 0.717) is 12.0 Å². The number of hydrogen-bond donors (Lipinski definition) is 3. The Kier molecular flexibility index (Phi) is 6.81. The smallest absolute Gasteiger partial charge is 0.191 e. The SMILES string of the molecule is CCNC(=NCCNC(C)(C)C)NC1CCc2nc(C(C)C)nn2C1. The molecule has 0 saturated carbocycles. The highest BCUT2D eigenvalue weighted by atomic mass is 15.4. The maximum Gasteiger partial charge on any atom is 0.191 e. The summed E-state index contributed by atoms with van der Waals surface area (Å²) in [6.07, 6.45) is 2.02. The zero-order valence-corrected chi connectivity index (χ0v) is 16.7. The van der Waals surface area contributed by atoms with Gasteiger partial charge in [-0.05, 0) is 34.1 Å². The number of rotatable bonds is 6. The van der Waals surface area contributed by atoms with E-state index in [9.17, 15) is 0 Å². The van der Waals surface area contributed by atoms with E-state index < -0.39 is 0 Å². The van der Waals surface area contributed by atoms with E-state index in [4.69, 9.17) is 0 Å². The predicted molar refractivity (Wildman–Crippen MR) is 103 cm³/mol. The van der Waals surface area contributed by atoms with E-state index in [1.807, 2.05) is 0 Å². The first-order valence-electron chi connectivity index (χ1n) is 9.52. The van der Waals surface area contributed by atoms with Crippen LogP contribution in [0.4, 0.5) is 0 Å². The van der Waals surface area contributed by atoms with E-state index in [0.717, 1.165) is 56.6 Å². The molecule has 0 spiro atoms. The molecule has 7 heteroatoms. The van der Waals surface area contributed by atoms with Gasteiger partial charge < -0.3 is 16.0 Å². The summed E-state index contributed by atoms with van der Waals surface area (Å²) >= 11 is 0. The fourth-order valence-electron chi connectivity index (χ4n) is 2.80. The molecule has 2 heterocycles. The van der Waals surface area contributed by atoms with Gasteiger partial charge in [0.25, 0.3) is 0 Å². The lowest BCUT2D eigenvalue weighted by atomic mass is 10.1. The molecule has 25 heavy (non-hydrogen) atoms. The minimum absolute atomic E-state index is 0.127. The third-order valence-electron chi connectivity index (χ3n) is 4.11. The summed E-state index contributed by atoms with van der Waals surface area (Å²) in [5, 5.41) is 15.0. The number of aliphatic imine (C=N–C) groups is 1. The van der Waals surface area contributed by atoms with E-state index in [1.165, 1.54) is 0 Å². The minimum atomic E-state index is 0.127. The molecule has 1 atom stereocenters. The van der Waals surface area contributed by atoms with Crippen molar-refractivity contribution in [2.75, 3.05) is 19.6 Å². The number of nitrogens with zero attached hydrogens (tertiary/aromatic N) is 4. The lowest BCUT2D eigenvalue weighted by molar-refractivity contribution is 0.391. The lowest BCUT2D eigenvalue weighted by Crippen LogP contribution is -2.47. The van der Waals surface area contributed by atoms with Crippen molar-refractivity contribution in [2.45, 2.75) is 78.4 Å². The van der Waals surface area contributed by atoms with Crippen LogP contribution in [0.15, 0.2) is 4.99 Å². The molecule has 3 N–H and O–H groups in total. The topological polar surface area (TPSA) is 79.2 Å². The molecular weight excluding hydrogens is 314 g/mol. The van der Waals surface area contributed by atoms with Crippen LogP contribution in [0, 0.1) is 0 Å². The number of aromatic nitrogens is 3. The van der Waals surface area contributed by atoms with E-state index in [2.05, 4.69) is 77.2 Å². The van der Waals surface area contributed by atoms with Gasteiger partial charge in [0, 0.05) is 37.0 Å². The highest BCUT2D eigenvalue weighted by Gasteiger charge is 2.23. The van der Waals surface area contributed by atoms with Gasteiger partial charge in [-0.15, -0.1) is 0 Å². The Labute approximate surface area is 152 Å². The van der Waals surface area contributed by atoms with Crippen LogP contribution in [0.3, 0.4) is 0 Å². The predicted octanol–water partition coefficient (Wildman–Crippen LogP) is 1.66. The number of aryl methyl sites for hydroxylation is 1. The number of nitrogens with one attached hydrogen (secondary N) is 3. The average Bonchev–Trinajstić information content (AvgIpc) is 2.94. The number of hydrogen-bond acceptors (Lipinski definition) is 4. The van der Waals surface area contributed by atoms with Crippen LogP contribution < -0.4 is 16.0 Å². The van der Waals surface area contributed by atoms with Crippen LogP contribution in [0.1, 0.15) is 65.5 Å². The molecule has 1 unspecified atom stereocenters. The van der Waals surface area contributed by atoms with Crippen molar-refractivity contribution in [1.82, 2.24) is 30.7 Å². The fourth-order valence-corrected chi connectivity index (χ4v) is 2.80. The molecule has 0 bridgehead atoms. The van der Waals surface area contributed by atoms with Gasteiger partial charge in [-0.1, -0.05) is 13.8 Å². The van der Waals surface area contributed by atoms with Crippen molar-refractivity contribution in [2.24, 2.45) is 4.99 Å². The molecule has 0 fully saturated rings. The third-order valence-corrected chi connectivity index (χ3v) is 4.11. The van der Waals surface area contributed by atoms with Gasteiger partial charge in [-0.3, -0.25) is 4.99 Å². The van der Waals surface area contributed by atoms with Crippen LogP contribution in [0.25, 0.3) is 0 Å². The zero-order valence-electron chi connectivity index (χ0n) is 16.7. The van der Waals surface area contributed by atoms with Crippen LogP contribution in [0.2, 0.25) is 0 Å². The lowest BCUT2D eigenvalue weighted by Gasteiger charge is -2.25. The molecule has 2 rings (SSSR count). The summed E-state index contributed by atoms with van der Waals surface area (Å²) in [6, 6.07) is 0.336. The maximum atomic E-state index is 4.69. The van der Waals surface area contributed by atoms with Gasteiger partial charge in [0.1, 0.15) is 5.82 Å². The third kappa shape index (κ3) is 6.30.